The Kier molecular flexibility index (Phi) is 4.75. The highest BCUT2D eigenvalue weighted by atomic mass is 32.2. The van der Waals surface area contributed by atoms with E-state index in [2.05, 4.69) is 10.2 Å². The lowest BCUT2D eigenvalue weighted by Gasteiger charge is -2.30. The number of piperidine rings is 1. The molecule has 0 bridgehead atoms. The normalized spacial score (nSPS) is 18.6. The highest BCUT2D eigenvalue weighted by Gasteiger charge is 2.32. The first-order chi connectivity index (χ1) is 14.1. The zero-order valence-corrected chi connectivity index (χ0v) is 16.9. The smallest absolute Gasteiger partial charge is 0.250 e. The summed E-state index contributed by atoms with van der Waals surface area (Å²) in [5.74, 6) is 1.06. The summed E-state index contributed by atoms with van der Waals surface area (Å²) in [6, 6.07) is 7.40. The Morgan fingerprint density at radius 3 is 2.55 bits per heavy atom. The average Bonchev–Trinajstić information content (AvgIpc) is 3.45. The third-order valence-corrected chi connectivity index (χ3v) is 7.86. The van der Waals surface area contributed by atoms with E-state index in [9.17, 15) is 8.42 Å². The van der Waals surface area contributed by atoms with Gasteiger partial charge in [0.15, 0.2) is 0 Å². The summed E-state index contributed by atoms with van der Waals surface area (Å²) < 4.78 is 38.7. The number of benzene rings is 1. The molecule has 2 aliphatic rings. The van der Waals surface area contributed by atoms with Crippen LogP contribution in [0.15, 0.2) is 50.5 Å². The summed E-state index contributed by atoms with van der Waals surface area (Å²) in [5.41, 5.74) is 3.22. The van der Waals surface area contributed by atoms with Crippen LogP contribution < -0.4 is 0 Å². The molecule has 29 heavy (non-hydrogen) atoms. The van der Waals surface area contributed by atoms with Crippen molar-refractivity contribution in [2.45, 2.75) is 49.3 Å². The Labute approximate surface area is 169 Å². The topological polar surface area (TPSA) is 89.4 Å². The van der Waals surface area contributed by atoms with Gasteiger partial charge in [-0.25, -0.2) is 8.42 Å². The molecule has 1 aliphatic carbocycles. The molecule has 3 heterocycles. The van der Waals surface area contributed by atoms with E-state index in [4.69, 9.17) is 8.83 Å². The Morgan fingerprint density at radius 2 is 1.79 bits per heavy atom. The number of nitrogens with zero attached hydrogens (tertiary/aromatic N) is 3. The van der Waals surface area contributed by atoms with Gasteiger partial charge in [-0.05, 0) is 67.9 Å². The van der Waals surface area contributed by atoms with Crippen LogP contribution in [0.2, 0.25) is 0 Å². The number of furan rings is 1. The maximum Gasteiger partial charge on any atom is 0.250 e. The van der Waals surface area contributed by atoms with Crippen molar-refractivity contribution in [3.63, 3.8) is 0 Å². The van der Waals surface area contributed by atoms with Crippen LogP contribution >= 0.6 is 0 Å². The molecule has 0 unspecified atom stereocenters. The van der Waals surface area contributed by atoms with Crippen molar-refractivity contribution >= 4 is 10.0 Å². The molecule has 1 aromatic carbocycles. The largest absolute Gasteiger partial charge is 0.472 e. The molecular formula is C21H23N3O4S. The van der Waals surface area contributed by atoms with Gasteiger partial charge >= 0.3 is 0 Å². The first-order valence-corrected chi connectivity index (χ1v) is 11.5. The number of aryl methyl sites for hydroxylation is 2. The van der Waals surface area contributed by atoms with Crippen LogP contribution in [0.3, 0.4) is 0 Å². The van der Waals surface area contributed by atoms with Crippen LogP contribution in [0.1, 0.15) is 48.6 Å². The van der Waals surface area contributed by atoms with Crippen molar-refractivity contribution < 1.29 is 17.3 Å². The van der Waals surface area contributed by atoms with Crippen LogP contribution in [-0.2, 0) is 22.9 Å². The standard InChI is InChI=1S/C21H23N3O4S/c25-29(26,19-6-5-15-3-1-2-4-17(15)13-19)24-10-7-16(8-11-24)20-22-23-21(28-20)18-9-12-27-14-18/h5-6,9,12-14,16H,1-4,7-8,10-11H2. The molecule has 3 aromatic rings. The second-order valence-corrected chi connectivity index (χ2v) is 9.71. The molecule has 152 valence electrons. The summed E-state index contributed by atoms with van der Waals surface area (Å²) in [6.07, 6.45) is 8.78. The summed E-state index contributed by atoms with van der Waals surface area (Å²) >= 11 is 0. The molecule has 1 aliphatic heterocycles. The Hall–Kier alpha value is -2.45. The molecule has 1 fully saturated rings. The maximum absolute atomic E-state index is 13.1. The molecule has 0 saturated carbocycles. The molecule has 1 saturated heterocycles. The predicted molar refractivity (Wildman–Crippen MR) is 106 cm³/mol. The highest BCUT2D eigenvalue weighted by molar-refractivity contribution is 7.89. The van der Waals surface area contributed by atoms with E-state index in [1.54, 1.807) is 29.0 Å². The van der Waals surface area contributed by atoms with Crippen molar-refractivity contribution in [3.8, 4) is 11.5 Å². The number of rotatable bonds is 4. The first-order valence-electron chi connectivity index (χ1n) is 10.1. The lowest BCUT2D eigenvalue weighted by Crippen LogP contribution is -2.38. The van der Waals surface area contributed by atoms with E-state index in [1.165, 1.54) is 17.5 Å². The Morgan fingerprint density at radius 1 is 1.00 bits per heavy atom. The van der Waals surface area contributed by atoms with Crippen molar-refractivity contribution in [3.05, 3.63) is 53.8 Å². The van der Waals surface area contributed by atoms with Gasteiger partial charge in [0.05, 0.1) is 16.7 Å². The molecule has 0 N–H and O–H groups in total. The van der Waals surface area contributed by atoms with Gasteiger partial charge in [0.25, 0.3) is 5.89 Å². The molecule has 0 atom stereocenters. The third-order valence-electron chi connectivity index (χ3n) is 5.97. The van der Waals surface area contributed by atoms with Gasteiger partial charge in [0.2, 0.25) is 15.9 Å². The van der Waals surface area contributed by atoms with Crippen molar-refractivity contribution in [1.82, 2.24) is 14.5 Å². The number of hydrogen-bond acceptors (Lipinski definition) is 6. The summed E-state index contributed by atoms with van der Waals surface area (Å²) in [4.78, 5) is 0.414. The Balaban J connectivity index is 1.29. The van der Waals surface area contributed by atoms with E-state index < -0.39 is 10.0 Å². The maximum atomic E-state index is 13.1. The zero-order chi connectivity index (χ0) is 19.8. The quantitative estimate of drug-likeness (QED) is 0.647. The molecule has 7 nitrogen and oxygen atoms in total. The van der Waals surface area contributed by atoms with E-state index in [1.807, 2.05) is 12.1 Å². The minimum absolute atomic E-state index is 0.0677. The zero-order valence-electron chi connectivity index (χ0n) is 16.1. The fraction of sp³-hybridized carbons (Fsp3) is 0.429. The highest BCUT2D eigenvalue weighted by Crippen LogP contribution is 2.32. The number of sulfonamides is 1. The molecule has 0 spiro atoms. The average molecular weight is 413 g/mol. The first kappa shape index (κ1) is 18.6. The molecule has 5 rings (SSSR count). The summed E-state index contributed by atoms with van der Waals surface area (Å²) in [6.45, 7) is 0.904. The van der Waals surface area contributed by atoms with Crippen molar-refractivity contribution in [2.24, 2.45) is 0 Å². The lowest BCUT2D eigenvalue weighted by atomic mass is 9.92. The van der Waals surface area contributed by atoms with Crippen LogP contribution in [-0.4, -0.2) is 36.0 Å². The monoisotopic (exact) mass is 413 g/mol. The fourth-order valence-corrected chi connectivity index (χ4v) is 5.79. The second kappa shape index (κ2) is 7.42. The number of fused-ring (bicyclic) bond motifs is 1. The van der Waals surface area contributed by atoms with Crippen LogP contribution in [0.25, 0.3) is 11.5 Å². The van der Waals surface area contributed by atoms with E-state index in [0.717, 1.165) is 24.8 Å². The SMILES string of the molecule is O=S(=O)(c1ccc2c(c1)CCCC2)N1CCC(c2nnc(-c3ccoc3)o2)CC1. The van der Waals surface area contributed by atoms with E-state index in [0.29, 0.717) is 42.6 Å². The molecule has 2 aromatic heterocycles. The third kappa shape index (κ3) is 3.51. The van der Waals surface area contributed by atoms with Gasteiger partial charge < -0.3 is 8.83 Å². The van der Waals surface area contributed by atoms with Crippen LogP contribution in [0.4, 0.5) is 0 Å². The van der Waals surface area contributed by atoms with Gasteiger partial charge in [0.1, 0.15) is 6.26 Å². The van der Waals surface area contributed by atoms with E-state index in [-0.39, 0.29) is 5.92 Å². The summed E-state index contributed by atoms with van der Waals surface area (Å²) in [5, 5.41) is 8.24. The van der Waals surface area contributed by atoms with Crippen molar-refractivity contribution in [2.75, 3.05) is 13.1 Å². The number of hydrogen-bond donors (Lipinski definition) is 0. The van der Waals surface area contributed by atoms with Crippen LogP contribution in [0, 0.1) is 0 Å². The second-order valence-electron chi connectivity index (χ2n) is 7.77. The van der Waals surface area contributed by atoms with Gasteiger partial charge in [0, 0.05) is 19.0 Å². The lowest BCUT2D eigenvalue weighted by molar-refractivity contribution is 0.291. The van der Waals surface area contributed by atoms with Gasteiger partial charge in [-0.2, -0.15) is 4.31 Å². The van der Waals surface area contributed by atoms with Gasteiger partial charge in [-0.15, -0.1) is 10.2 Å². The Bertz CT molecular complexity index is 1100. The minimum Gasteiger partial charge on any atom is -0.472 e. The summed E-state index contributed by atoms with van der Waals surface area (Å²) in [7, 11) is -3.48. The number of aromatic nitrogens is 2. The molecular weight excluding hydrogens is 390 g/mol. The predicted octanol–water partition coefficient (Wildman–Crippen LogP) is 3.78. The molecule has 0 amide bonds. The fourth-order valence-electron chi connectivity index (χ4n) is 4.26. The van der Waals surface area contributed by atoms with Gasteiger partial charge in [-0.1, -0.05) is 6.07 Å². The van der Waals surface area contributed by atoms with Gasteiger partial charge in [-0.3, -0.25) is 0 Å². The molecule has 8 heteroatoms. The van der Waals surface area contributed by atoms with Crippen molar-refractivity contribution in [1.29, 1.82) is 0 Å². The van der Waals surface area contributed by atoms with Crippen LogP contribution in [0.5, 0.6) is 0 Å². The minimum atomic E-state index is -3.48. The molecule has 0 radical (unpaired) electrons. The van der Waals surface area contributed by atoms with E-state index >= 15 is 0 Å².